The van der Waals surface area contributed by atoms with Crippen molar-refractivity contribution in [3.8, 4) is 0 Å². The van der Waals surface area contributed by atoms with Crippen LogP contribution in [-0.2, 0) is 19.6 Å². The molecule has 142 valence electrons. The lowest BCUT2D eigenvalue weighted by Crippen LogP contribution is -2.46. The Morgan fingerprint density at radius 2 is 2.12 bits per heavy atom. The molecule has 0 aromatic heterocycles. The molecule has 0 saturated carbocycles. The number of nitrogens with zero attached hydrogens (tertiary/aromatic N) is 3. The number of nitro groups is 1. The quantitative estimate of drug-likeness (QED) is 0.538. The SMILES string of the molecule is CN(CCC(=O)O)C(=O)C1CCCN1S(=O)(=O)c1cccc([N+](=O)[O-])c1. The Bertz CT molecular complexity index is 824. The van der Waals surface area contributed by atoms with Crippen molar-refractivity contribution in [3.63, 3.8) is 0 Å². The van der Waals surface area contributed by atoms with Gasteiger partial charge in [-0.15, -0.1) is 0 Å². The van der Waals surface area contributed by atoms with Gasteiger partial charge in [-0.2, -0.15) is 4.31 Å². The van der Waals surface area contributed by atoms with Gasteiger partial charge in [-0.25, -0.2) is 8.42 Å². The highest BCUT2D eigenvalue weighted by Gasteiger charge is 2.40. The van der Waals surface area contributed by atoms with E-state index < -0.39 is 32.9 Å². The van der Waals surface area contributed by atoms with Crippen molar-refractivity contribution in [2.45, 2.75) is 30.2 Å². The molecule has 1 saturated heterocycles. The maximum atomic E-state index is 12.9. The summed E-state index contributed by atoms with van der Waals surface area (Å²) in [4.78, 5) is 34.3. The highest BCUT2D eigenvalue weighted by molar-refractivity contribution is 7.89. The van der Waals surface area contributed by atoms with Gasteiger partial charge in [0.1, 0.15) is 6.04 Å². The molecule has 1 aliphatic rings. The predicted octanol–water partition coefficient (Wildman–Crippen LogP) is 0.681. The van der Waals surface area contributed by atoms with Gasteiger partial charge >= 0.3 is 5.97 Å². The number of hydrogen-bond acceptors (Lipinski definition) is 6. The van der Waals surface area contributed by atoms with Gasteiger partial charge in [0.2, 0.25) is 15.9 Å². The average molecular weight is 385 g/mol. The first kappa shape index (κ1) is 19.8. The smallest absolute Gasteiger partial charge is 0.305 e. The number of non-ortho nitro benzene ring substituents is 1. The number of carboxylic acid groups (broad SMARTS) is 1. The zero-order chi connectivity index (χ0) is 19.5. The van der Waals surface area contributed by atoms with Crippen molar-refractivity contribution in [2.75, 3.05) is 20.1 Å². The van der Waals surface area contributed by atoms with Gasteiger partial charge in [0.05, 0.1) is 16.2 Å². The van der Waals surface area contributed by atoms with Gasteiger partial charge in [0.15, 0.2) is 0 Å². The summed E-state index contributed by atoms with van der Waals surface area (Å²) in [6.45, 7) is 0.0869. The van der Waals surface area contributed by atoms with Gasteiger partial charge in [-0.3, -0.25) is 19.7 Å². The Labute approximate surface area is 150 Å². The first-order valence-corrected chi connectivity index (χ1v) is 9.31. The number of hydrogen-bond donors (Lipinski definition) is 1. The summed E-state index contributed by atoms with van der Waals surface area (Å²) in [7, 11) is -2.67. The molecule has 1 N–H and O–H groups in total. The second kappa shape index (κ2) is 7.79. The van der Waals surface area contributed by atoms with Crippen LogP contribution in [0.25, 0.3) is 0 Å². The Morgan fingerprint density at radius 1 is 1.42 bits per heavy atom. The van der Waals surface area contributed by atoms with Crippen LogP contribution in [0.4, 0.5) is 5.69 Å². The van der Waals surface area contributed by atoms with Gasteiger partial charge in [0, 0.05) is 32.3 Å². The van der Waals surface area contributed by atoms with Crippen molar-refractivity contribution >= 4 is 27.6 Å². The second-order valence-corrected chi connectivity index (χ2v) is 7.82. The van der Waals surface area contributed by atoms with Crippen LogP contribution in [0.3, 0.4) is 0 Å². The van der Waals surface area contributed by atoms with Crippen LogP contribution in [-0.4, -0.2) is 65.7 Å². The third-order valence-electron chi connectivity index (χ3n) is 4.16. The number of likely N-dealkylation sites (N-methyl/N-ethyl adjacent to an activating group) is 1. The number of rotatable bonds is 7. The lowest BCUT2D eigenvalue weighted by Gasteiger charge is -2.27. The molecular weight excluding hydrogens is 366 g/mol. The number of benzene rings is 1. The molecule has 0 aliphatic carbocycles. The van der Waals surface area contributed by atoms with E-state index in [2.05, 4.69) is 0 Å². The summed E-state index contributed by atoms with van der Waals surface area (Å²) in [6.07, 6.45) is 0.536. The van der Waals surface area contributed by atoms with Crippen LogP contribution in [0.2, 0.25) is 0 Å². The van der Waals surface area contributed by atoms with E-state index in [9.17, 15) is 28.1 Å². The number of aliphatic carboxylic acids is 1. The van der Waals surface area contributed by atoms with Gasteiger partial charge in [-0.05, 0) is 18.9 Å². The van der Waals surface area contributed by atoms with Crippen molar-refractivity contribution in [1.29, 1.82) is 0 Å². The van der Waals surface area contributed by atoms with Crippen molar-refractivity contribution in [3.05, 3.63) is 34.4 Å². The summed E-state index contributed by atoms with van der Waals surface area (Å²) in [5, 5.41) is 19.6. The standard InChI is InChI=1S/C15H19N3O7S/c1-16(9-7-14(19)20)15(21)13-6-3-8-17(13)26(24,25)12-5-2-4-11(10-12)18(22)23/h2,4-5,10,13H,3,6-9H2,1H3,(H,19,20). The van der Waals surface area contributed by atoms with E-state index in [1.807, 2.05) is 0 Å². The number of nitro benzene ring substituents is 1. The van der Waals surface area contributed by atoms with E-state index in [4.69, 9.17) is 5.11 Å². The molecule has 1 atom stereocenters. The molecule has 1 amide bonds. The Morgan fingerprint density at radius 3 is 2.73 bits per heavy atom. The topological polar surface area (TPSA) is 138 Å². The Hall–Kier alpha value is -2.53. The minimum absolute atomic E-state index is 0.0324. The molecule has 10 nitrogen and oxygen atoms in total. The number of carboxylic acids is 1. The monoisotopic (exact) mass is 385 g/mol. The normalized spacial score (nSPS) is 17.8. The molecule has 0 bridgehead atoms. The fourth-order valence-corrected chi connectivity index (χ4v) is 4.49. The van der Waals surface area contributed by atoms with Gasteiger partial charge in [0.25, 0.3) is 5.69 Å². The lowest BCUT2D eigenvalue weighted by atomic mass is 10.2. The van der Waals surface area contributed by atoms with Crippen molar-refractivity contribution < 1.29 is 28.0 Å². The zero-order valence-electron chi connectivity index (χ0n) is 14.1. The van der Waals surface area contributed by atoms with E-state index in [0.29, 0.717) is 12.8 Å². The van der Waals surface area contributed by atoms with E-state index in [-0.39, 0.29) is 30.1 Å². The molecule has 11 heteroatoms. The fourth-order valence-electron chi connectivity index (χ4n) is 2.80. The van der Waals surface area contributed by atoms with E-state index in [0.717, 1.165) is 10.4 Å². The molecule has 1 aromatic rings. The molecule has 1 aromatic carbocycles. The summed E-state index contributed by atoms with van der Waals surface area (Å²) < 4.78 is 26.7. The van der Waals surface area contributed by atoms with Crippen LogP contribution < -0.4 is 0 Å². The van der Waals surface area contributed by atoms with Crippen molar-refractivity contribution in [1.82, 2.24) is 9.21 Å². The predicted molar refractivity (Wildman–Crippen MR) is 89.9 cm³/mol. The molecule has 26 heavy (non-hydrogen) atoms. The number of carbonyl (C=O) groups excluding carboxylic acids is 1. The Balaban J connectivity index is 2.25. The summed E-state index contributed by atoms with van der Waals surface area (Å²) in [5.74, 6) is -1.55. The minimum Gasteiger partial charge on any atom is -0.481 e. The lowest BCUT2D eigenvalue weighted by molar-refractivity contribution is -0.385. The molecular formula is C15H19N3O7S. The van der Waals surface area contributed by atoms with Gasteiger partial charge < -0.3 is 10.0 Å². The fraction of sp³-hybridized carbons (Fsp3) is 0.467. The minimum atomic E-state index is -4.09. The van der Waals surface area contributed by atoms with Crippen LogP contribution in [0.15, 0.2) is 29.2 Å². The molecule has 2 rings (SSSR count). The maximum Gasteiger partial charge on any atom is 0.305 e. The van der Waals surface area contributed by atoms with E-state index in [1.165, 1.54) is 30.1 Å². The summed E-state index contributed by atoms with van der Waals surface area (Å²) in [6, 6.07) is 3.72. The third kappa shape index (κ3) is 4.17. The van der Waals surface area contributed by atoms with E-state index in [1.54, 1.807) is 0 Å². The van der Waals surface area contributed by atoms with Gasteiger partial charge in [-0.1, -0.05) is 6.07 Å². The molecule has 0 spiro atoms. The van der Waals surface area contributed by atoms with Crippen molar-refractivity contribution in [2.24, 2.45) is 0 Å². The number of amides is 1. The van der Waals surface area contributed by atoms with Crippen LogP contribution in [0.1, 0.15) is 19.3 Å². The largest absolute Gasteiger partial charge is 0.481 e. The molecule has 1 heterocycles. The molecule has 1 unspecified atom stereocenters. The summed E-state index contributed by atoms with van der Waals surface area (Å²) in [5.41, 5.74) is -0.355. The second-order valence-electron chi connectivity index (χ2n) is 5.93. The number of sulfonamides is 1. The molecule has 0 radical (unpaired) electrons. The average Bonchev–Trinajstić information content (AvgIpc) is 3.09. The maximum absolute atomic E-state index is 12.9. The third-order valence-corrected chi connectivity index (χ3v) is 6.07. The number of carbonyl (C=O) groups is 2. The zero-order valence-corrected chi connectivity index (χ0v) is 14.9. The van der Waals surface area contributed by atoms with E-state index >= 15 is 0 Å². The highest BCUT2D eigenvalue weighted by atomic mass is 32.2. The summed E-state index contributed by atoms with van der Waals surface area (Å²) >= 11 is 0. The van der Waals surface area contributed by atoms with Crippen LogP contribution >= 0.6 is 0 Å². The first-order chi connectivity index (χ1) is 12.1. The Kier molecular flexibility index (Phi) is 5.93. The highest BCUT2D eigenvalue weighted by Crippen LogP contribution is 2.28. The molecule has 1 aliphatic heterocycles. The first-order valence-electron chi connectivity index (χ1n) is 7.87. The van der Waals surface area contributed by atoms with Crippen LogP contribution in [0, 0.1) is 10.1 Å². The van der Waals surface area contributed by atoms with Crippen LogP contribution in [0.5, 0.6) is 0 Å². The molecule has 1 fully saturated rings.